The maximum absolute atomic E-state index is 12.7. The first kappa shape index (κ1) is 15.1. The highest BCUT2D eigenvalue weighted by molar-refractivity contribution is 5.79. The molecule has 1 saturated heterocycles. The molecule has 0 bridgehead atoms. The molecular formula is C14H26N4O2. The van der Waals surface area contributed by atoms with Crippen LogP contribution in [0.2, 0.25) is 0 Å². The molecule has 5 N–H and O–H groups in total. The van der Waals surface area contributed by atoms with Crippen molar-refractivity contribution in [2.45, 2.75) is 57.0 Å². The summed E-state index contributed by atoms with van der Waals surface area (Å²) in [5.74, 6) is 0.282. The zero-order valence-corrected chi connectivity index (χ0v) is 12.0. The Morgan fingerprint density at radius 3 is 2.65 bits per heavy atom. The van der Waals surface area contributed by atoms with Crippen LogP contribution in [0, 0.1) is 5.92 Å². The van der Waals surface area contributed by atoms with Crippen molar-refractivity contribution in [3.05, 3.63) is 0 Å². The van der Waals surface area contributed by atoms with Crippen LogP contribution in [0.15, 0.2) is 0 Å². The second kappa shape index (κ2) is 6.92. The molecule has 2 aliphatic rings. The van der Waals surface area contributed by atoms with Crippen LogP contribution >= 0.6 is 0 Å². The number of nitrogens with zero attached hydrogens (tertiary/aromatic N) is 1. The van der Waals surface area contributed by atoms with Gasteiger partial charge in [0.25, 0.3) is 0 Å². The largest absolute Gasteiger partial charge is 0.352 e. The molecule has 1 heterocycles. The SMILES string of the molecule is NC(=O)NCC1CCCCN1C(=O)C1CCCC(N)C1. The second-order valence-corrected chi connectivity index (χ2v) is 6.05. The van der Waals surface area contributed by atoms with Gasteiger partial charge in [-0.2, -0.15) is 0 Å². The van der Waals surface area contributed by atoms with Crippen molar-refractivity contribution >= 4 is 11.9 Å². The lowest BCUT2D eigenvalue weighted by atomic mass is 9.84. The highest BCUT2D eigenvalue weighted by Gasteiger charge is 2.33. The Labute approximate surface area is 120 Å². The number of carbonyl (C=O) groups is 2. The van der Waals surface area contributed by atoms with E-state index in [2.05, 4.69) is 5.32 Å². The van der Waals surface area contributed by atoms with E-state index in [0.29, 0.717) is 6.54 Å². The van der Waals surface area contributed by atoms with E-state index >= 15 is 0 Å². The van der Waals surface area contributed by atoms with Crippen LogP contribution in [0.4, 0.5) is 4.79 Å². The third-order valence-electron chi connectivity index (χ3n) is 4.49. The fourth-order valence-corrected chi connectivity index (χ4v) is 3.41. The van der Waals surface area contributed by atoms with Crippen LogP contribution < -0.4 is 16.8 Å². The van der Waals surface area contributed by atoms with Gasteiger partial charge < -0.3 is 21.7 Å². The quantitative estimate of drug-likeness (QED) is 0.704. The number of nitrogens with two attached hydrogens (primary N) is 2. The Kier molecular flexibility index (Phi) is 5.23. The summed E-state index contributed by atoms with van der Waals surface area (Å²) in [6.45, 7) is 1.25. The predicted octanol–water partition coefficient (Wildman–Crippen LogP) is 0.553. The van der Waals surface area contributed by atoms with Crippen LogP contribution in [0.1, 0.15) is 44.9 Å². The van der Waals surface area contributed by atoms with Crippen LogP contribution in [0.5, 0.6) is 0 Å². The van der Waals surface area contributed by atoms with Crippen molar-refractivity contribution in [3.63, 3.8) is 0 Å². The van der Waals surface area contributed by atoms with E-state index in [4.69, 9.17) is 11.5 Å². The standard InChI is InChI=1S/C14H26N4O2/c15-11-5-3-4-10(8-11)13(19)18-7-2-1-6-12(18)9-17-14(16)20/h10-12H,1-9,15H2,(H3,16,17,20). The Morgan fingerprint density at radius 2 is 1.95 bits per heavy atom. The van der Waals surface area contributed by atoms with Gasteiger partial charge in [0.15, 0.2) is 0 Å². The molecule has 0 aromatic heterocycles. The summed E-state index contributed by atoms with van der Waals surface area (Å²) in [5, 5.41) is 2.63. The number of amides is 3. The van der Waals surface area contributed by atoms with Gasteiger partial charge >= 0.3 is 6.03 Å². The number of hydrogen-bond acceptors (Lipinski definition) is 3. The van der Waals surface area contributed by atoms with Crippen molar-refractivity contribution in [1.82, 2.24) is 10.2 Å². The van der Waals surface area contributed by atoms with Crippen LogP contribution in [0.3, 0.4) is 0 Å². The summed E-state index contributed by atoms with van der Waals surface area (Å²) in [6.07, 6.45) is 6.87. The summed E-state index contributed by atoms with van der Waals surface area (Å²) in [6, 6.07) is -0.283. The van der Waals surface area contributed by atoms with Gasteiger partial charge in [0, 0.05) is 31.1 Å². The molecule has 0 aromatic rings. The fourth-order valence-electron chi connectivity index (χ4n) is 3.41. The number of piperidine rings is 1. The first-order chi connectivity index (χ1) is 9.58. The highest BCUT2D eigenvalue weighted by atomic mass is 16.2. The average Bonchev–Trinajstić information content (AvgIpc) is 2.44. The number of urea groups is 1. The smallest absolute Gasteiger partial charge is 0.312 e. The van der Waals surface area contributed by atoms with E-state index in [9.17, 15) is 9.59 Å². The second-order valence-electron chi connectivity index (χ2n) is 6.05. The maximum Gasteiger partial charge on any atom is 0.312 e. The van der Waals surface area contributed by atoms with Crippen molar-refractivity contribution < 1.29 is 9.59 Å². The van der Waals surface area contributed by atoms with E-state index in [-0.39, 0.29) is 23.9 Å². The minimum atomic E-state index is -0.525. The molecule has 0 aromatic carbocycles. The van der Waals surface area contributed by atoms with Gasteiger partial charge in [-0.3, -0.25) is 4.79 Å². The lowest BCUT2D eigenvalue weighted by molar-refractivity contribution is -0.140. The van der Waals surface area contributed by atoms with E-state index in [1.165, 1.54) is 0 Å². The number of primary amides is 1. The van der Waals surface area contributed by atoms with E-state index in [1.807, 2.05) is 4.90 Å². The van der Waals surface area contributed by atoms with Crippen molar-refractivity contribution in [2.24, 2.45) is 17.4 Å². The molecule has 0 radical (unpaired) electrons. The summed E-state index contributed by atoms with van der Waals surface area (Å²) < 4.78 is 0. The van der Waals surface area contributed by atoms with Gasteiger partial charge in [-0.25, -0.2) is 4.79 Å². The monoisotopic (exact) mass is 282 g/mol. The van der Waals surface area contributed by atoms with Gasteiger partial charge in [-0.05, 0) is 38.5 Å². The molecule has 6 nitrogen and oxygen atoms in total. The van der Waals surface area contributed by atoms with Gasteiger partial charge in [0.2, 0.25) is 5.91 Å². The molecule has 20 heavy (non-hydrogen) atoms. The fraction of sp³-hybridized carbons (Fsp3) is 0.857. The topological polar surface area (TPSA) is 101 Å². The maximum atomic E-state index is 12.7. The third-order valence-corrected chi connectivity index (χ3v) is 4.49. The lowest BCUT2D eigenvalue weighted by Gasteiger charge is -2.39. The Bertz CT molecular complexity index is 361. The van der Waals surface area contributed by atoms with Gasteiger partial charge in [-0.15, -0.1) is 0 Å². The van der Waals surface area contributed by atoms with Crippen LogP contribution in [0.25, 0.3) is 0 Å². The molecule has 1 saturated carbocycles. The van der Waals surface area contributed by atoms with Crippen molar-refractivity contribution in [3.8, 4) is 0 Å². The molecule has 1 aliphatic heterocycles. The Hall–Kier alpha value is -1.30. The zero-order chi connectivity index (χ0) is 14.5. The molecule has 3 amide bonds. The highest BCUT2D eigenvalue weighted by Crippen LogP contribution is 2.27. The van der Waals surface area contributed by atoms with Gasteiger partial charge in [-0.1, -0.05) is 6.42 Å². The Balaban J connectivity index is 1.95. The van der Waals surface area contributed by atoms with Gasteiger partial charge in [0.1, 0.15) is 0 Å². The van der Waals surface area contributed by atoms with E-state index in [0.717, 1.165) is 51.5 Å². The first-order valence-corrected chi connectivity index (χ1v) is 7.67. The number of likely N-dealkylation sites (tertiary alicyclic amines) is 1. The molecule has 2 rings (SSSR count). The molecule has 0 spiro atoms. The number of nitrogens with one attached hydrogen (secondary N) is 1. The lowest BCUT2D eigenvalue weighted by Crippen LogP contribution is -2.52. The molecule has 1 aliphatic carbocycles. The first-order valence-electron chi connectivity index (χ1n) is 7.67. The Morgan fingerprint density at radius 1 is 1.15 bits per heavy atom. The molecule has 6 heteroatoms. The molecule has 3 atom stereocenters. The van der Waals surface area contributed by atoms with Gasteiger partial charge in [0.05, 0.1) is 0 Å². The molecule has 3 unspecified atom stereocenters. The van der Waals surface area contributed by atoms with Crippen molar-refractivity contribution in [1.29, 1.82) is 0 Å². The minimum absolute atomic E-state index is 0.0629. The molecule has 114 valence electrons. The molecular weight excluding hydrogens is 256 g/mol. The van der Waals surface area contributed by atoms with Crippen LogP contribution in [-0.2, 0) is 4.79 Å². The summed E-state index contributed by atoms with van der Waals surface area (Å²) in [7, 11) is 0. The minimum Gasteiger partial charge on any atom is -0.352 e. The normalized spacial score (nSPS) is 30.9. The summed E-state index contributed by atoms with van der Waals surface area (Å²) in [5.41, 5.74) is 11.1. The number of rotatable bonds is 3. The number of carbonyl (C=O) groups excluding carboxylic acids is 2. The zero-order valence-electron chi connectivity index (χ0n) is 12.0. The average molecular weight is 282 g/mol. The predicted molar refractivity (Wildman–Crippen MR) is 76.9 cm³/mol. The van der Waals surface area contributed by atoms with Crippen molar-refractivity contribution in [2.75, 3.05) is 13.1 Å². The summed E-state index contributed by atoms with van der Waals surface area (Å²) in [4.78, 5) is 25.5. The van der Waals surface area contributed by atoms with E-state index in [1.54, 1.807) is 0 Å². The third kappa shape index (κ3) is 3.85. The summed E-state index contributed by atoms with van der Waals surface area (Å²) >= 11 is 0. The van der Waals surface area contributed by atoms with Crippen LogP contribution in [-0.4, -0.2) is 42.0 Å². The molecule has 2 fully saturated rings. The van der Waals surface area contributed by atoms with E-state index < -0.39 is 6.03 Å². The number of hydrogen-bond donors (Lipinski definition) is 3.